The summed E-state index contributed by atoms with van der Waals surface area (Å²) in [6.07, 6.45) is 0. The van der Waals surface area contributed by atoms with Crippen LogP contribution in [0.2, 0.25) is 0 Å². The molecular formula is C16H14N2OS. The largest absolute Gasteiger partial charge is 0.315 e. The molecule has 2 rings (SSSR count). The fourth-order valence-electron chi connectivity index (χ4n) is 1.69. The van der Waals surface area contributed by atoms with Crippen molar-refractivity contribution in [2.75, 3.05) is 17.7 Å². The zero-order valence-corrected chi connectivity index (χ0v) is 11.9. The van der Waals surface area contributed by atoms with Crippen LogP contribution in [0, 0.1) is 11.3 Å². The molecule has 4 heteroatoms. The van der Waals surface area contributed by atoms with Crippen molar-refractivity contribution in [1.82, 2.24) is 0 Å². The molecule has 100 valence electrons. The number of hydrogen-bond donors (Lipinski definition) is 0. The van der Waals surface area contributed by atoms with Gasteiger partial charge in [-0.2, -0.15) is 5.26 Å². The highest BCUT2D eigenvalue weighted by atomic mass is 32.2. The fourth-order valence-corrected chi connectivity index (χ4v) is 2.56. The molecule has 0 saturated heterocycles. The number of hydrogen-bond acceptors (Lipinski definition) is 3. The van der Waals surface area contributed by atoms with Crippen molar-refractivity contribution in [2.45, 2.75) is 4.90 Å². The summed E-state index contributed by atoms with van der Waals surface area (Å²) in [7, 11) is 1.77. The molecule has 1 amide bonds. The lowest BCUT2D eigenvalue weighted by atomic mass is 10.2. The number of rotatable bonds is 4. The van der Waals surface area contributed by atoms with E-state index in [4.69, 9.17) is 5.26 Å². The SMILES string of the molecule is CN(C(=O)CSc1cccc(C#N)c1)c1ccccc1. The first kappa shape index (κ1) is 14.2. The van der Waals surface area contributed by atoms with Crippen LogP contribution >= 0.6 is 11.8 Å². The average Bonchev–Trinajstić information content (AvgIpc) is 2.53. The van der Waals surface area contributed by atoms with E-state index in [0.29, 0.717) is 11.3 Å². The van der Waals surface area contributed by atoms with Crippen molar-refractivity contribution in [3.63, 3.8) is 0 Å². The molecule has 0 aliphatic rings. The molecular weight excluding hydrogens is 268 g/mol. The Balaban J connectivity index is 1.97. The standard InChI is InChI=1S/C16H14N2OS/c1-18(14-7-3-2-4-8-14)16(19)12-20-15-9-5-6-13(10-15)11-17/h2-10H,12H2,1H3. The minimum atomic E-state index is 0.0311. The van der Waals surface area contributed by atoms with Crippen molar-refractivity contribution in [3.8, 4) is 6.07 Å². The molecule has 0 saturated carbocycles. The number of nitriles is 1. The Labute approximate surface area is 122 Å². The molecule has 0 bridgehead atoms. The number of carbonyl (C=O) groups is 1. The third kappa shape index (κ3) is 3.62. The monoisotopic (exact) mass is 282 g/mol. The number of carbonyl (C=O) groups excluding carboxylic acids is 1. The Bertz CT molecular complexity index is 634. The van der Waals surface area contributed by atoms with Crippen molar-refractivity contribution in [3.05, 3.63) is 60.2 Å². The van der Waals surface area contributed by atoms with Gasteiger partial charge in [-0.1, -0.05) is 24.3 Å². The quantitative estimate of drug-likeness (QED) is 0.808. The van der Waals surface area contributed by atoms with Crippen molar-refractivity contribution < 1.29 is 4.79 Å². The van der Waals surface area contributed by atoms with Crippen molar-refractivity contribution in [1.29, 1.82) is 5.26 Å². The molecule has 0 N–H and O–H groups in total. The minimum absolute atomic E-state index is 0.0311. The lowest BCUT2D eigenvalue weighted by Gasteiger charge is -2.16. The van der Waals surface area contributed by atoms with E-state index in [1.165, 1.54) is 11.8 Å². The minimum Gasteiger partial charge on any atom is -0.315 e. The van der Waals surface area contributed by atoms with Gasteiger partial charge in [0.25, 0.3) is 0 Å². The van der Waals surface area contributed by atoms with E-state index in [0.717, 1.165) is 10.6 Å². The molecule has 20 heavy (non-hydrogen) atoms. The molecule has 2 aromatic rings. The maximum Gasteiger partial charge on any atom is 0.237 e. The second-order valence-corrected chi connectivity index (χ2v) is 5.27. The molecule has 0 radical (unpaired) electrons. The summed E-state index contributed by atoms with van der Waals surface area (Å²) >= 11 is 1.44. The van der Waals surface area contributed by atoms with Gasteiger partial charge in [0.15, 0.2) is 0 Å². The molecule has 2 aromatic carbocycles. The Morgan fingerprint density at radius 3 is 2.65 bits per heavy atom. The molecule has 0 unspecified atom stereocenters. The number of thioether (sulfide) groups is 1. The van der Waals surface area contributed by atoms with Gasteiger partial charge in [0.2, 0.25) is 5.91 Å². The van der Waals surface area contributed by atoms with E-state index >= 15 is 0 Å². The Morgan fingerprint density at radius 2 is 1.95 bits per heavy atom. The Kier molecular flexibility index (Phi) is 4.80. The number of anilines is 1. The number of para-hydroxylation sites is 1. The van der Waals surface area contributed by atoms with Crippen LogP contribution in [0.4, 0.5) is 5.69 Å². The first-order valence-corrected chi connectivity index (χ1v) is 7.14. The van der Waals surface area contributed by atoms with Crippen molar-refractivity contribution in [2.24, 2.45) is 0 Å². The van der Waals surface area contributed by atoms with Gasteiger partial charge in [-0.3, -0.25) is 4.79 Å². The van der Waals surface area contributed by atoms with Crippen LogP contribution in [0.15, 0.2) is 59.5 Å². The smallest absolute Gasteiger partial charge is 0.237 e. The number of amides is 1. The van der Waals surface area contributed by atoms with E-state index < -0.39 is 0 Å². The molecule has 0 heterocycles. The predicted molar refractivity (Wildman–Crippen MR) is 81.7 cm³/mol. The summed E-state index contributed by atoms with van der Waals surface area (Å²) in [5.41, 5.74) is 1.49. The highest BCUT2D eigenvalue weighted by Crippen LogP contribution is 2.20. The summed E-state index contributed by atoms with van der Waals surface area (Å²) in [5.74, 6) is 0.379. The highest BCUT2D eigenvalue weighted by Gasteiger charge is 2.10. The van der Waals surface area contributed by atoms with E-state index in [1.54, 1.807) is 24.1 Å². The number of benzene rings is 2. The highest BCUT2D eigenvalue weighted by molar-refractivity contribution is 8.00. The maximum absolute atomic E-state index is 12.1. The molecule has 0 aliphatic carbocycles. The number of nitrogens with zero attached hydrogens (tertiary/aromatic N) is 2. The summed E-state index contributed by atoms with van der Waals surface area (Å²) in [5, 5.41) is 8.84. The van der Waals surface area contributed by atoms with Gasteiger partial charge in [0.05, 0.1) is 17.4 Å². The van der Waals surface area contributed by atoms with Crippen LogP contribution in [0.5, 0.6) is 0 Å². The maximum atomic E-state index is 12.1. The molecule has 0 fully saturated rings. The molecule has 0 spiro atoms. The van der Waals surface area contributed by atoms with Gasteiger partial charge < -0.3 is 4.90 Å². The lowest BCUT2D eigenvalue weighted by molar-refractivity contribution is -0.115. The van der Waals surface area contributed by atoms with E-state index in [2.05, 4.69) is 6.07 Å². The second kappa shape index (κ2) is 6.78. The van der Waals surface area contributed by atoms with Gasteiger partial charge in [0.1, 0.15) is 0 Å². The Hall–Kier alpha value is -2.25. The normalized spacial score (nSPS) is 9.80. The van der Waals surface area contributed by atoms with Crippen LogP contribution in [0.3, 0.4) is 0 Å². The van der Waals surface area contributed by atoms with Crippen LogP contribution in [-0.4, -0.2) is 18.7 Å². The second-order valence-electron chi connectivity index (χ2n) is 4.22. The van der Waals surface area contributed by atoms with Crippen LogP contribution in [-0.2, 0) is 4.79 Å². The molecule has 0 atom stereocenters. The lowest BCUT2D eigenvalue weighted by Crippen LogP contribution is -2.27. The summed E-state index contributed by atoms with van der Waals surface area (Å²) in [6.45, 7) is 0. The van der Waals surface area contributed by atoms with E-state index in [1.807, 2.05) is 42.5 Å². The molecule has 0 aromatic heterocycles. The summed E-state index contributed by atoms with van der Waals surface area (Å²) in [4.78, 5) is 14.7. The van der Waals surface area contributed by atoms with Gasteiger partial charge in [-0.05, 0) is 30.3 Å². The Morgan fingerprint density at radius 1 is 1.20 bits per heavy atom. The zero-order valence-electron chi connectivity index (χ0n) is 11.1. The van der Waals surface area contributed by atoms with Crippen LogP contribution < -0.4 is 4.90 Å². The fraction of sp³-hybridized carbons (Fsp3) is 0.125. The predicted octanol–water partition coefficient (Wildman–Crippen LogP) is 3.31. The molecule has 0 aliphatic heterocycles. The summed E-state index contributed by atoms with van der Waals surface area (Å²) < 4.78 is 0. The van der Waals surface area contributed by atoms with Crippen molar-refractivity contribution >= 4 is 23.4 Å². The van der Waals surface area contributed by atoms with Crippen LogP contribution in [0.25, 0.3) is 0 Å². The third-order valence-corrected chi connectivity index (χ3v) is 3.82. The molecule has 3 nitrogen and oxygen atoms in total. The van der Waals surface area contributed by atoms with Gasteiger partial charge in [-0.25, -0.2) is 0 Å². The first-order valence-electron chi connectivity index (χ1n) is 6.15. The van der Waals surface area contributed by atoms with E-state index in [-0.39, 0.29) is 5.91 Å². The average molecular weight is 282 g/mol. The third-order valence-electron chi connectivity index (χ3n) is 2.84. The summed E-state index contributed by atoms with van der Waals surface area (Å²) in [6, 6.07) is 18.9. The zero-order chi connectivity index (χ0) is 14.4. The van der Waals surface area contributed by atoms with Gasteiger partial charge >= 0.3 is 0 Å². The topological polar surface area (TPSA) is 44.1 Å². The van der Waals surface area contributed by atoms with Crippen LogP contribution in [0.1, 0.15) is 5.56 Å². The first-order chi connectivity index (χ1) is 9.70. The van der Waals surface area contributed by atoms with Gasteiger partial charge in [-0.15, -0.1) is 11.8 Å². The van der Waals surface area contributed by atoms with E-state index in [9.17, 15) is 4.79 Å². The van der Waals surface area contributed by atoms with Gasteiger partial charge in [0, 0.05) is 17.6 Å².